The van der Waals surface area contributed by atoms with E-state index in [4.69, 9.17) is 0 Å². The molecular formula is C23H44N4O3S. The third-order valence-corrected chi connectivity index (χ3v) is 9.07. The summed E-state index contributed by atoms with van der Waals surface area (Å²) < 4.78 is 29.6. The van der Waals surface area contributed by atoms with Crippen molar-refractivity contribution in [1.82, 2.24) is 18.8 Å². The van der Waals surface area contributed by atoms with Gasteiger partial charge < -0.3 is 10.2 Å². The molecule has 0 radical (unpaired) electrons. The predicted octanol–water partition coefficient (Wildman–Crippen LogP) is 2.41. The van der Waals surface area contributed by atoms with E-state index in [1.165, 1.54) is 6.42 Å². The molecule has 3 heterocycles. The lowest BCUT2D eigenvalue weighted by Crippen LogP contribution is -2.53. The molecule has 0 bridgehead atoms. The van der Waals surface area contributed by atoms with Crippen LogP contribution in [0.5, 0.6) is 0 Å². The summed E-state index contributed by atoms with van der Waals surface area (Å²) in [7, 11) is -3.49. The number of amides is 1. The van der Waals surface area contributed by atoms with E-state index >= 15 is 0 Å². The number of rotatable bonds is 7. The molecule has 0 unspecified atom stereocenters. The van der Waals surface area contributed by atoms with Crippen molar-refractivity contribution in [2.24, 2.45) is 29.6 Å². The lowest BCUT2D eigenvalue weighted by Gasteiger charge is -2.39. The Morgan fingerprint density at radius 2 is 1.45 bits per heavy atom. The Morgan fingerprint density at radius 1 is 0.871 bits per heavy atom. The first-order valence-electron chi connectivity index (χ1n) is 12.4. The van der Waals surface area contributed by atoms with Crippen LogP contribution in [0.25, 0.3) is 0 Å². The highest BCUT2D eigenvalue weighted by Gasteiger charge is 2.38. The Balaban J connectivity index is 1.44. The van der Waals surface area contributed by atoms with Gasteiger partial charge in [0, 0.05) is 45.8 Å². The van der Waals surface area contributed by atoms with Gasteiger partial charge in [0.15, 0.2) is 0 Å². The molecule has 3 aliphatic heterocycles. The second-order valence-electron chi connectivity index (χ2n) is 10.8. The summed E-state index contributed by atoms with van der Waals surface area (Å²) in [5, 5.41) is 3.08. The zero-order valence-corrected chi connectivity index (χ0v) is 20.9. The summed E-state index contributed by atoms with van der Waals surface area (Å²) in [6.07, 6.45) is 4.85. The molecule has 7 nitrogen and oxygen atoms in total. The first kappa shape index (κ1) is 24.9. The van der Waals surface area contributed by atoms with Crippen LogP contribution in [0.15, 0.2) is 0 Å². The highest BCUT2D eigenvalue weighted by molar-refractivity contribution is 7.86. The molecule has 0 saturated carbocycles. The van der Waals surface area contributed by atoms with Crippen LogP contribution in [-0.2, 0) is 15.0 Å². The van der Waals surface area contributed by atoms with Gasteiger partial charge in [-0.2, -0.15) is 17.0 Å². The largest absolute Gasteiger partial charge is 0.356 e. The highest BCUT2D eigenvalue weighted by atomic mass is 32.2. The zero-order valence-electron chi connectivity index (χ0n) is 20.1. The molecule has 180 valence electrons. The Kier molecular flexibility index (Phi) is 8.80. The molecule has 0 spiro atoms. The van der Waals surface area contributed by atoms with Crippen molar-refractivity contribution < 1.29 is 13.2 Å². The SMILES string of the molecule is C[C@@H]1C[C@H](C)CN(CCCNC(=O)[C@@H]2CCCN(S(=O)(=O)N3C[C@H](C)C[C@@H](C)C3)C2)C1. The van der Waals surface area contributed by atoms with Crippen LogP contribution in [0, 0.1) is 29.6 Å². The van der Waals surface area contributed by atoms with Crippen molar-refractivity contribution >= 4 is 16.1 Å². The van der Waals surface area contributed by atoms with E-state index in [9.17, 15) is 13.2 Å². The van der Waals surface area contributed by atoms with Crippen LogP contribution in [-0.4, -0.2) is 80.2 Å². The van der Waals surface area contributed by atoms with Gasteiger partial charge in [0.1, 0.15) is 0 Å². The fourth-order valence-electron chi connectivity index (χ4n) is 5.96. The maximum atomic E-state index is 13.2. The van der Waals surface area contributed by atoms with Gasteiger partial charge in [0.05, 0.1) is 5.92 Å². The number of nitrogens with zero attached hydrogens (tertiary/aromatic N) is 3. The first-order chi connectivity index (χ1) is 14.6. The molecule has 8 heteroatoms. The first-order valence-corrected chi connectivity index (χ1v) is 13.8. The summed E-state index contributed by atoms with van der Waals surface area (Å²) in [6.45, 7) is 14.9. The quantitative estimate of drug-likeness (QED) is 0.597. The maximum absolute atomic E-state index is 13.2. The minimum absolute atomic E-state index is 0.0145. The fraction of sp³-hybridized carbons (Fsp3) is 0.957. The van der Waals surface area contributed by atoms with E-state index in [-0.39, 0.29) is 11.8 Å². The van der Waals surface area contributed by atoms with E-state index in [0.717, 1.165) is 57.2 Å². The second-order valence-corrected chi connectivity index (χ2v) is 12.7. The van der Waals surface area contributed by atoms with E-state index in [1.54, 1.807) is 8.61 Å². The van der Waals surface area contributed by atoms with Gasteiger partial charge in [-0.15, -0.1) is 0 Å². The number of likely N-dealkylation sites (tertiary alicyclic amines) is 1. The lowest BCUT2D eigenvalue weighted by molar-refractivity contribution is -0.126. The average molecular weight is 457 g/mol. The zero-order chi connectivity index (χ0) is 22.6. The standard InChI is InChI=1S/C23H44N4O3S/c1-18-11-19(2)14-25(13-18)9-6-8-24-23(28)22-7-5-10-26(17-22)31(29,30)27-15-20(3)12-21(4)16-27/h18-22H,5-17H2,1-4H3,(H,24,28)/t18-,19+,20-,21-,22-/m1/s1. The number of carbonyl (C=O) groups is 1. The lowest BCUT2D eigenvalue weighted by atomic mass is 9.92. The van der Waals surface area contributed by atoms with Crippen molar-refractivity contribution in [3.05, 3.63) is 0 Å². The summed E-state index contributed by atoms with van der Waals surface area (Å²) >= 11 is 0. The second kappa shape index (κ2) is 10.9. The Bertz CT molecular complexity index is 681. The monoisotopic (exact) mass is 456 g/mol. The molecule has 1 amide bonds. The summed E-state index contributed by atoms with van der Waals surface area (Å²) in [6, 6.07) is 0. The minimum Gasteiger partial charge on any atom is -0.356 e. The Hall–Kier alpha value is -0.700. The van der Waals surface area contributed by atoms with Crippen LogP contribution in [0.4, 0.5) is 0 Å². The summed E-state index contributed by atoms with van der Waals surface area (Å²) in [5.74, 6) is 2.04. The number of piperidine rings is 3. The minimum atomic E-state index is -3.49. The maximum Gasteiger partial charge on any atom is 0.282 e. The third kappa shape index (κ3) is 6.89. The highest BCUT2D eigenvalue weighted by Crippen LogP contribution is 2.27. The van der Waals surface area contributed by atoms with Crippen LogP contribution in [0.2, 0.25) is 0 Å². The topological polar surface area (TPSA) is 73.0 Å². The summed E-state index contributed by atoms with van der Waals surface area (Å²) in [5.41, 5.74) is 0. The Labute approximate surface area is 190 Å². The molecule has 1 N–H and O–H groups in total. The van der Waals surface area contributed by atoms with Gasteiger partial charge in [-0.05, 0) is 62.3 Å². The molecule has 0 aromatic carbocycles. The molecule has 0 aliphatic carbocycles. The molecule has 3 fully saturated rings. The van der Waals surface area contributed by atoms with Crippen LogP contribution in [0.1, 0.15) is 59.8 Å². The van der Waals surface area contributed by atoms with Crippen molar-refractivity contribution in [3.63, 3.8) is 0 Å². The molecule has 3 saturated heterocycles. The van der Waals surface area contributed by atoms with Gasteiger partial charge in [-0.1, -0.05) is 27.7 Å². The molecule has 0 aromatic rings. The van der Waals surface area contributed by atoms with Crippen molar-refractivity contribution in [1.29, 1.82) is 0 Å². The molecular weight excluding hydrogens is 412 g/mol. The molecule has 3 rings (SSSR count). The van der Waals surface area contributed by atoms with E-state index in [0.29, 0.717) is 44.6 Å². The molecule has 0 aromatic heterocycles. The smallest absolute Gasteiger partial charge is 0.282 e. The van der Waals surface area contributed by atoms with Crippen LogP contribution >= 0.6 is 0 Å². The van der Waals surface area contributed by atoms with Crippen molar-refractivity contribution in [2.45, 2.75) is 59.8 Å². The van der Waals surface area contributed by atoms with Gasteiger partial charge in [0.25, 0.3) is 10.2 Å². The predicted molar refractivity (Wildman–Crippen MR) is 125 cm³/mol. The van der Waals surface area contributed by atoms with Gasteiger partial charge in [-0.25, -0.2) is 0 Å². The van der Waals surface area contributed by atoms with Gasteiger partial charge >= 0.3 is 0 Å². The number of hydrogen-bond donors (Lipinski definition) is 1. The fourth-order valence-corrected chi connectivity index (χ4v) is 7.90. The number of nitrogens with one attached hydrogen (secondary N) is 1. The summed E-state index contributed by atoms with van der Waals surface area (Å²) in [4.78, 5) is 15.3. The van der Waals surface area contributed by atoms with E-state index in [1.807, 2.05) is 0 Å². The van der Waals surface area contributed by atoms with E-state index in [2.05, 4.69) is 37.9 Å². The molecule has 5 atom stereocenters. The normalized spacial score (nSPS) is 34.5. The van der Waals surface area contributed by atoms with Crippen LogP contribution in [0.3, 0.4) is 0 Å². The number of carbonyl (C=O) groups excluding carboxylic acids is 1. The third-order valence-electron chi connectivity index (χ3n) is 7.14. The van der Waals surface area contributed by atoms with Gasteiger partial charge in [-0.3, -0.25) is 4.79 Å². The van der Waals surface area contributed by atoms with Gasteiger partial charge in [0.2, 0.25) is 5.91 Å². The van der Waals surface area contributed by atoms with Crippen LogP contribution < -0.4 is 5.32 Å². The molecule has 3 aliphatic rings. The average Bonchev–Trinajstić information content (AvgIpc) is 2.69. The van der Waals surface area contributed by atoms with Crippen molar-refractivity contribution in [3.8, 4) is 0 Å². The molecule has 31 heavy (non-hydrogen) atoms. The number of hydrogen-bond acceptors (Lipinski definition) is 4. The van der Waals surface area contributed by atoms with Crippen molar-refractivity contribution in [2.75, 3.05) is 52.4 Å². The van der Waals surface area contributed by atoms with E-state index < -0.39 is 10.2 Å². The Morgan fingerprint density at radius 3 is 2.06 bits per heavy atom.